The summed E-state index contributed by atoms with van der Waals surface area (Å²) in [6.45, 7) is 11.3. The van der Waals surface area contributed by atoms with Gasteiger partial charge in [-0.05, 0) is 70.6 Å². The van der Waals surface area contributed by atoms with Crippen LogP contribution in [0.1, 0.15) is 52.4 Å². The number of nitrogens with one attached hydrogen (secondary N) is 1. The summed E-state index contributed by atoms with van der Waals surface area (Å²) < 4.78 is 0. The van der Waals surface area contributed by atoms with E-state index in [1.54, 1.807) is 0 Å². The zero-order valence-electron chi connectivity index (χ0n) is 13.5. The minimum atomic E-state index is 0.742. The summed E-state index contributed by atoms with van der Waals surface area (Å²) in [5, 5.41) is 3.75. The molecule has 3 aliphatic heterocycles. The molecule has 3 aliphatic rings. The van der Waals surface area contributed by atoms with Crippen molar-refractivity contribution in [3.8, 4) is 0 Å². The lowest BCUT2D eigenvalue weighted by molar-refractivity contribution is 0.0686. The molecule has 4 unspecified atom stereocenters. The second-order valence-electron chi connectivity index (χ2n) is 7.41. The van der Waals surface area contributed by atoms with Crippen LogP contribution in [0.3, 0.4) is 0 Å². The minimum absolute atomic E-state index is 0.742. The average molecular weight is 279 g/mol. The summed E-state index contributed by atoms with van der Waals surface area (Å²) in [7, 11) is 0. The van der Waals surface area contributed by atoms with Crippen molar-refractivity contribution in [3.05, 3.63) is 0 Å². The van der Waals surface area contributed by atoms with Gasteiger partial charge in [-0.25, -0.2) is 0 Å². The molecule has 0 amide bonds. The lowest BCUT2D eigenvalue weighted by Crippen LogP contribution is -2.51. The molecule has 0 aromatic heterocycles. The van der Waals surface area contributed by atoms with Crippen molar-refractivity contribution in [2.75, 3.05) is 32.7 Å². The third kappa shape index (κ3) is 3.37. The first-order valence-electron chi connectivity index (χ1n) is 8.97. The predicted octanol–water partition coefficient (Wildman–Crippen LogP) is 2.32. The van der Waals surface area contributed by atoms with Crippen molar-refractivity contribution in [3.63, 3.8) is 0 Å². The smallest absolute Gasteiger partial charge is 0.0122 e. The molecule has 3 saturated heterocycles. The number of nitrogens with zero attached hydrogens (tertiary/aromatic N) is 2. The Morgan fingerprint density at radius 3 is 2.65 bits per heavy atom. The lowest BCUT2D eigenvalue weighted by atomic mass is 9.94. The molecular formula is C17H33N3. The quantitative estimate of drug-likeness (QED) is 0.837. The van der Waals surface area contributed by atoms with Crippen molar-refractivity contribution in [2.45, 2.75) is 70.5 Å². The third-order valence-electron chi connectivity index (χ3n) is 5.87. The highest BCUT2D eigenvalue weighted by Gasteiger charge is 2.34. The van der Waals surface area contributed by atoms with Gasteiger partial charge in [-0.3, -0.25) is 4.90 Å². The Labute approximate surface area is 125 Å². The van der Waals surface area contributed by atoms with Crippen LogP contribution in [0.25, 0.3) is 0 Å². The Bertz CT molecular complexity index is 307. The monoisotopic (exact) mass is 279 g/mol. The largest absolute Gasteiger partial charge is 0.314 e. The van der Waals surface area contributed by atoms with E-state index in [-0.39, 0.29) is 0 Å². The van der Waals surface area contributed by atoms with Crippen LogP contribution < -0.4 is 5.32 Å². The van der Waals surface area contributed by atoms with Gasteiger partial charge in [0, 0.05) is 24.7 Å². The molecule has 0 radical (unpaired) electrons. The van der Waals surface area contributed by atoms with E-state index in [2.05, 4.69) is 29.0 Å². The van der Waals surface area contributed by atoms with Gasteiger partial charge in [-0.15, -0.1) is 0 Å². The Morgan fingerprint density at radius 1 is 1.00 bits per heavy atom. The molecule has 3 heteroatoms. The first-order valence-corrected chi connectivity index (χ1v) is 8.97. The molecule has 20 heavy (non-hydrogen) atoms. The molecule has 1 N–H and O–H groups in total. The highest BCUT2D eigenvalue weighted by Crippen LogP contribution is 2.30. The van der Waals surface area contributed by atoms with Gasteiger partial charge in [0.1, 0.15) is 0 Å². The average Bonchev–Trinajstić information content (AvgIpc) is 2.90. The number of piperidine rings is 1. The SMILES string of the molecule is CCC1CCN(C2CCN3CCCC3C2)CC(C)CN1. The Hall–Kier alpha value is -0.120. The van der Waals surface area contributed by atoms with Crippen molar-refractivity contribution in [2.24, 2.45) is 5.92 Å². The fourth-order valence-corrected chi connectivity index (χ4v) is 4.56. The molecule has 3 nitrogen and oxygen atoms in total. The highest BCUT2D eigenvalue weighted by molar-refractivity contribution is 4.91. The molecule has 0 aromatic rings. The number of fused-ring (bicyclic) bond motifs is 1. The molecular weight excluding hydrogens is 246 g/mol. The molecule has 0 saturated carbocycles. The minimum Gasteiger partial charge on any atom is -0.314 e. The lowest BCUT2D eigenvalue weighted by Gasteiger charge is -2.43. The topological polar surface area (TPSA) is 18.5 Å². The first kappa shape index (κ1) is 14.8. The van der Waals surface area contributed by atoms with E-state index < -0.39 is 0 Å². The van der Waals surface area contributed by atoms with Crippen LogP contribution in [0, 0.1) is 5.92 Å². The third-order valence-corrected chi connectivity index (χ3v) is 5.87. The van der Waals surface area contributed by atoms with Gasteiger partial charge in [-0.2, -0.15) is 0 Å². The standard InChI is InChI=1S/C17H33N3/c1-3-15-6-9-20(13-14(2)12-18-15)17-7-10-19-8-4-5-16(19)11-17/h14-18H,3-13H2,1-2H3. The molecule has 3 fully saturated rings. The highest BCUT2D eigenvalue weighted by atomic mass is 15.2. The van der Waals surface area contributed by atoms with Crippen LogP contribution in [0.15, 0.2) is 0 Å². The summed E-state index contributed by atoms with van der Waals surface area (Å²) in [6, 6.07) is 2.52. The molecule has 3 rings (SSSR count). The van der Waals surface area contributed by atoms with Crippen LogP contribution in [0.5, 0.6) is 0 Å². The van der Waals surface area contributed by atoms with Crippen LogP contribution >= 0.6 is 0 Å². The Kier molecular flexibility index (Phi) is 5.00. The molecule has 116 valence electrons. The molecule has 4 atom stereocenters. The van der Waals surface area contributed by atoms with Crippen LogP contribution in [0.2, 0.25) is 0 Å². The summed E-state index contributed by atoms with van der Waals surface area (Å²) in [4.78, 5) is 5.60. The van der Waals surface area contributed by atoms with E-state index in [0.717, 1.165) is 24.0 Å². The molecule has 0 aromatic carbocycles. The Balaban J connectivity index is 1.59. The second-order valence-corrected chi connectivity index (χ2v) is 7.41. The number of hydrogen-bond acceptors (Lipinski definition) is 3. The zero-order valence-corrected chi connectivity index (χ0v) is 13.5. The fourth-order valence-electron chi connectivity index (χ4n) is 4.56. The second kappa shape index (κ2) is 6.76. The van der Waals surface area contributed by atoms with Gasteiger partial charge in [0.25, 0.3) is 0 Å². The van der Waals surface area contributed by atoms with Gasteiger partial charge in [0.2, 0.25) is 0 Å². The maximum atomic E-state index is 3.75. The number of hydrogen-bond donors (Lipinski definition) is 1. The van der Waals surface area contributed by atoms with Gasteiger partial charge in [-0.1, -0.05) is 13.8 Å². The van der Waals surface area contributed by atoms with Gasteiger partial charge in [0.05, 0.1) is 0 Å². The number of rotatable bonds is 2. The van der Waals surface area contributed by atoms with E-state index in [1.807, 2.05) is 0 Å². The maximum Gasteiger partial charge on any atom is 0.0122 e. The van der Waals surface area contributed by atoms with E-state index in [0.29, 0.717) is 0 Å². The van der Waals surface area contributed by atoms with E-state index in [1.165, 1.54) is 71.2 Å². The predicted molar refractivity (Wildman–Crippen MR) is 85.1 cm³/mol. The molecule has 0 aliphatic carbocycles. The van der Waals surface area contributed by atoms with E-state index >= 15 is 0 Å². The molecule has 3 heterocycles. The summed E-state index contributed by atoms with van der Waals surface area (Å²) in [5.41, 5.74) is 0. The maximum absolute atomic E-state index is 3.75. The molecule has 0 spiro atoms. The zero-order chi connectivity index (χ0) is 13.9. The molecule has 0 bridgehead atoms. The van der Waals surface area contributed by atoms with Crippen molar-refractivity contribution in [1.82, 2.24) is 15.1 Å². The van der Waals surface area contributed by atoms with Crippen LogP contribution in [-0.4, -0.2) is 60.6 Å². The summed E-state index contributed by atoms with van der Waals surface area (Å²) >= 11 is 0. The first-order chi connectivity index (χ1) is 9.76. The van der Waals surface area contributed by atoms with Crippen molar-refractivity contribution in [1.29, 1.82) is 0 Å². The summed E-state index contributed by atoms with van der Waals surface area (Å²) in [5.74, 6) is 0.797. The van der Waals surface area contributed by atoms with E-state index in [9.17, 15) is 0 Å². The van der Waals surface area contributed by atoms with Crippen molar-refractivity contribution < 1.29 is 0 Å². The van der Waals surface area contributed by atoms with Gasteiger partial charge < -0.3 is 10.2 Å². The van der Waals surface area contributed by atoms with Crippen LogP contribution in [0.4, 0.5) is 0 Å². The van der Waals surface area contributed by atoms with Crippen LogP contribution in [-0.2, 0) is 0 Å². The normalized spacial score (nSPS) is 41.1. The van der Waals surface area contributed by atoms with Crippen molar-refractivity contribution >= 4 is 0 Å². The Morgan fingerprint density at radius 2 is 1.80 bits per heavy atom. The summed E-state index contributed by atoms with van der Waals surface area (Å²) in [6.07, 6.45) is 8.37. The van der Waals surface area contributed by atoms with Gasteiger partial charge >= 0.3 is 0 Å². The van der Waals surface area contributed by atoms with E-state index in [4.69, 9.17) is 0 Å². The fraction of sp³-hybridized carbons (Fsp3) is 1.00. The van der Waals surface area contributed by atoms with Gasteiger partial charge in [0.15, 0.2) is 0 Å².